The Labute approximate surface area is 207 Å². The van der Waals surface area contributed by atoms with Gasteiger partial charge in [-0.25, -0.2) is 9.97 Å². The van der Waals surface area contributed by atoms with Crippen LogP contribution in [-0.4, -0.2) is 41.8 Å². The molecule has 2 heterocycles. The molecule has 0 spiro atoms. The molecule has 0 radical (unpaired) electrons. The van der Waals surface area contributed by atoms with E-state index in [0.717, 1.165) is 5.56 Å². The molecule has 0 aliphatic carbocycles. The molecule has 1 amide bonds. The Kier molecular flexibility index (Phi) is 6.03. The molecular weight excluding hydrogens is 458 g/mol. The summed E-state index contributed by atoms with van der Waals surface area (Å²) < 4.78 is 18.0. The van der Waals surface area contributed by atoms with Gasteiger partial charge in [-0.05, 0) is 30.3 Å². The summed E-state index contributed by atoms with van der Waals surface area (Å²) in [5, 5.41) is 2.95. The van der Waals surface area contributed by atoms with E-state index in [1.807, 2.05) is 54.6 Å². The first-order chi connectivity index (χ1) is 17.5. The van der Waals surface area contributed by atoms with Crippen molar-refractivity contribution >= 4 is 33.9 Å². The normalized spacial score (nSPS) is 11.0. The standard InChI is InChI=1S/C27H25N5O4/c1-34-20-11-7-4-8-16(20)15-29-27(33)23-24-26(31-19-10-6-5-9-18(19)30-24)32(25(23)28)17-12-13-21(35-2)22(14-17)36-3/h4-14H,15,28H2,1-3H3,(H,29,33). The van der Waals surface area contributed by atoms with Gasteiger partial charge < -0.3 is 25.3 Å². The second-order valence-corrected chi connectivity index (χ2v) is 8.01. The molecule has 9 nitrogen and oxygen atoms in total. The number of benzene rings is 3. The Morgan fingerprint density at radius 1 is 0.861 bits per heavy atom. The van der Waals surface area contributed by atoms with E-state index in [2.05, 4.69) is 5.32 Å². The molecule has 36 heavy (non-hydrogen) atoms. The Bertz CT molecular complexity index is 1590. The highest BCUT2D eigenvalue weighted by atomic mass is 16.5. The first-order valence-corrected chi connectivity index (χ1v) is 11.2. The third kappa shape index (κ3) is 3.90. The van der Waals surface area contributed by atoms with E-state index in [9.17, 15) is 4.79 Å². The molecule has 5 aromatic rings. The summed E-state index contributed by atoms with van der Waals surface area (Å²) in [4.78, 5) is 23.1. The fourth-order valence-electron chi connectivity index (χ4n) is 4.22. The third-order valence-corrected chi connectivity index (χ3v) is 5.98. The smallest absolute Gasteiger partial charge is 0.257 e. The van der Waals surface area contributed by atoms with Crippen LogP contribution in [0.2, 0.25) is 0 Å². The number of nitrogen functional groups attached to an aromatic ring is 1. The van der Waals surface area contributed by atoms with Gasteiger partial charge in [-0.15, -0.1) is 0 Å². The van der Waals surface area contributed by atoms with Crippen LogP contribution >= 0.6 is 0 Å². The van der Waals surface area contributed by atoms with Gasteiger partial charge in [0.2, 0.25) is 0 Å². The summed E-state index contributed by atoms with van der Waals surface area (Å²) in [5.41, 5.74) is 10.6. The molecule has 3 aromatic carbocycles. The second-order valence-electron chi connectivity index (χ2n) is 8.01. The molecule has 0 fully saturated rings. The Balaban J connectivity index is 1.66. The number of methoxy groups -OCH3 is 3. The maximum absolute atomic E-state index is 13.5. The number of hydrogen-bond acceptors (Lipinski definition) is 7. The lowest BCUT2D eigenvalue weighted by Crippen LogP contribution is -2.24. The zero-order chi connectivity index (χ0) is 25.2. The van der Waals surface area contributed by atoms with Gasteiger partial charge in [-0.3, -0.25) is 9.36 Å². The fourth-order valence-corrected chi connectivity index (χ4v) is 4.22. The van der Waals surface area contributed by atoms with Crippen molar-refractivity contribution in [1.29, 1.82) is 0 Å². The average Bonchev–Trinajstić information content (AvgIpc) is 3.20. The maximum atomic E-state index is 13.5. The quantitative estimate of drug-likeness (QED) is 0.358. The van der Waals surface area contributed by atoms with Gasteiger partial charge in [-0.1, -0.05) is 30.3 Å². The monoisotopic (exact) mass is 483 g/mol. The highest BCUT2D eigenvalue weighted by molar-refractivity contribution is 6.11. The van der Waals surface area contributed by atoms with Gasteiger partial charge in [0.25, 0.3) is 5.91 Å². The lowest BCUT2D eigenvalue weighted by molar-refractivity contribution is 0.0953. The molecule has 0 saturated carbocycles. The van der Waals surface area contributed by atoms with Crippen LogP contribution in [0.15, 0.2) is 66.7 Å². The van der Waals surface area contributed by atoms with E-state index in [4.69, 9.17) is 29.9 Å². The van der Waals surface area contributed by atoms with Gasteiger partial charge in [0.1, 0.15) is 22.6 Å². The predicted molar refractivity (Wildman–Crippen MR) is 138 cm³/mol. The van der Waals surface area contributed by atoms with Crippen LogP contribution in [0.4, 0.5) is 5.82 Å². The van der Waals surface area contributed by atoms with E-state index in [1.165, 1.54) is 0 Å². The molecule has 0 unspecified atom stereocenters. The molecule has 0 atom stereocenters. The van der Waals surface area contributed by atoms with Gasteiger partial charge in [0.15, 0.2) is 17.1 Å². The zero-order valence-electron chi connectivity index (χ0n) is 20.1. The van der Waals surface area contributed by atoms with Gasteiger partial charge >= 0.3 is 0 Å². The number of aromatic nitrogens is 3. The van der Waals surface area contributed by atoms with Crippen molar-refractivity contribution < 1.29 is 19.0 Å². The summed E-state index contributed by atoms with van der Waals surface area (Å²) in [6, 6.07) is 20.3. The minimum Gasteiger partial charge on any atom is -0.496 e. The van der Waals surface area contributed by atoms with Crippen molar-refractivity contribution in [3.63, 3.8) is 0 Å². The average molecular weight is 484 g/mol. The fraction of sp³-hybridized carbons (Fsp3) is 0.148. The Hall–Kier alpha value is -4.79. The lowest BCUT2D eigenvalue weighted by atomic mass is 10.2. The first-order valence-electron chi connectivity index (χ1n) is 11.2. The van der Waals surface area contributed by atoms with Crippen molar-refractivity contribution in [2.45, 2.75) is 6.54 Å². The van der Waals surface area contributed by atoms with Crippen LogP contribution in [0.1, 0.15) is 15.9 Å². The molecule has 2 aromatic heterocycles. The van der Waals surface area contributed by atoms with Crippen LogP contribution in [0.25, 0.3) is 27.9 Å². The molecule has 182 valence electrons. The van der Waals surface area contributed by atoms with E-state index in [0.29, 0.717) is 45.1 Å². The number of carbonyl (C=O) groups excluding carboxylic acids is 1. The predicted octanol–water partition coefficient (Wildman–Crippen LogP) is 4.11. The summed E-state index contributed by atoms with van der Waals surface area (Å²) >= 11 is 0. The summed E-state index contributed by atoms with van der Waals surface area (Å²) in [6.45, 7) is 0.256. The Morgan fingerprint density at radius 3 is 2.25 bits per heavy atom. The first kappa shape index (κ1) is 23.0. The molecule has 0 saturated heterocycles. The summed E-state index contributed by atoms with van der Waals surface area (Å²) in [5.74, 6) is 1.62. The van der Waals surface area contributed by atoms with Gasteiger partial charge in [-0.2, -0.15) is 0 Å². The van der Waals surface area contributed by atoms with Crippen LogP contribution in [-0.2, 0) is 6.54 Å². The van der Waals surface area contributed by atoms with Gasteiger partial charge in [0, 0.05) is 18.2 Å². The lowest BCUT2D eigenvalue weighted by Gasteiger charge is -2.12. The number of nitrogens with two attached hydrogens (primary N) is 1. The van der Waals surface area contributed by atoms with Crippen molar-refractivity contribution in [3.8, 4) is 22.9 Å². The number of nitrogens with one attached hydrogen (secondary N) is 1. The minimum atomic E-state index is -0.368. The molecule has 0 aliphatic heterocycles. The largest absolute Gasteiger partial charge is 0.496 e. The molecule has 5 rings (SSSR count). The van der Waals surface area contributed by atoms with Crippen molar-refractivity contribution in [1.82, 2.24) is 19.9 Å². The third-order valence-electron chi connectivity index (χ3n) is 5.98. The topological polar surface area (TPSA) is 114 Å². The highest BCUT2D eigenvalue weighted by Gasteiger charge is 2.25. The summed E-state index contributed by atoms with van der Waals surface area (Å²) in [6.07, 6.45) is 0. The molecule has 0 aliphatic rings. The molecular formula is C27H25N5O4. The molecule has 9 heteroatoms. The number of amides is 1. The van der Waals surface area contributed by atoms with Crippen LogP contribution in [0, 0.1) is 0 Å². The van der Waals surface area contributed by atoms with Crippen molar-refractivity contribution in [2.75, 3.05) is 27.1 Å². The number of para-hydroxylation sites is 3. The van der Waals surface area contributed by atoms with Crippen LogP contribution in [0.5, 0.6) is 17.2 Å². The van der Waals surface area contributed by atoms with Crippen molar-refractivity contribution in [3.05, 3.63) is 77.9 Å². The number of rotatable bonds is 7. The van der Waals surface area contributed by atoms with E-state index >= 15 is 0 Å². The van der Waals surface area contributed by atoms with E-state index in [-0.39, 0.29) is 23.8 Å². The number of carbonyl (C=O) groups is 1. The molecule has 3 N–H and O–H groups in total. The van der Waals surface area contributed by atoms with Gasteiger partial charge in [0.05, 0.1) is 38.1 Å². The van der Waals surface area contributed by atoms with Crippen LogP contribution < -0.4 is 25.3 Å². The van der Waals surface area contributed by atoms with Crippen LogP contribution in [0.3, 0.4) is 0 Å². The van der Waals surface area contributed by atoms with Crippen molar-refractivity contribution in [2.24, 2.45) is 0 Å². The zero-order valence-corrected chi connectivity index (χ0v) is 20.1. The van der Waals surface area contributed by atoms with E-state index in [1.54, 1.807) is 38.0 Å². The SMILES string of the molecule is COc1ccccc1CNC(=O)c1c(N)n(-c2ccc(OC)c(OC)c2)c2nc3ccccc3nc12. The Morgan fingerprint density at radius 2 is 1.53 bits per heavy atom. The number of anilines is 1. The number of nitrogens with zero attached hydrogens (tertiary/aromatic N) is 3. The minimum absolute atomic E-state index is 0.213. The number of fused-ring (bicyclic) bond motifs is 2. The summed E-state index contributed by atoms with van der Waals surface area (Å²) in [7, 11) is 4.72. The number of ether oxygens (including phenoxy) is 3. The second kappa shape index (κ2) is 9.46. The molecule has 0 bridgehead atoms. The highest BCUT2D eigenvalue weighted by Crippen LogP contribution is 2.35. The maximum Gasteiger partial charge on any atom is 0.257 e. The van der Waals surface area contributed by atoms with E-state index < -0.39 is 0 Å². The number of hydrogen-bond donors (Lipinski definition) is 2.